The zero-order valence-corrected chi connectivity index (χ0v) is 26.6. The van der Waals surface area contributed by atoms with Gasteiger partial charge in [0.1, 0.15) is 0 Å². The van der Waals surface area contributed by atoms with E-state index >= 15 is 0 Å². The van der Waals surface area contributed by atoms with Crippen LogP contribution >= 0.6 is 0 Å². The monoisotopic (exact) mass is 574 g/mol. The van der Waals surface area contributed by atoms with Crippen LogP contribution in [0.1, 0.15) is 168 Å². The molecule has 5 nitrogen and oxygen atoms in total. The molecule has 0 aromatic rings. The van der Waals surface area contributed by atoms with Crippen molar-refractivity contribution in [2.24, 2.45) is 0 Å². The third kappa shape index (κ3) is 34.0. The predicted molar refractivity (Wildman–Crippen MR) is 172 cm³/mol. The lowest BCUT2D eigenvalue weighted by atomic mass is 10.1. The van der Waals surface area contributed by atoms with Gasteiger partial charge < -0.3 is 0 Å². The molecule has 0 aliphatic carbocycles. The molecule has 0 fully saturated rings. The van der Waals surface area contributed by atoms with Gasteiger partial charge in [0.25, 0.3) is 0 Å². The highest BCUT2D eigenvalue weighted by atomic mass is 17.5. The average Bonchev–Trinajstić information content (AvgIpc) is 2.97. The second kappa shape index (κ2) is 34.1. The number of hydrogen-bond donors (Lipinski definition) is 0. The largest absolute Gasteiger partial charge is 0.346 e. The van der Waals surface area contributed by atoms with Crippen LogP contribution in [0.25, 0.3) is 0 Å². The van der Waals surface area contributed by atoms with E-state index in [4.69, 9.17) is 0 Å². The van der Waals surface area contributed by atoms with Crippen LogP contribution in [0.5, 0.6) is 0 Å². The zero-order chi connectivity index (χ0) is 29.9. The number of unbranched alkanes of at least 4 members (excludes halogenated alkanes) is 16. The van der Waals surface area contributed by atoms with Gasteiger partial charge in [0.05, 0.1) is 0 Å². The summed E-state index contributed by atoms with van der Waals surface area (Å²) in [4.78, 5) is 32.5. The van der Waals surface area contributed by atoms with Gasteiger partial charge in [-0.1, -0.05) is 127 Å². The van der Waals surface area contributed by atoms with Gasteiger partial charge in [-0.05, 0) is 77.0 Å². The molecule has 0 heterocycles. The molecule has 0 rings (SSSR count). The third-order valence-electron chi connectivity index (χ3n) is 6.92. The number of allylic oxidation sites excluding steroid dienone is 8. The first-order valence-corrected chi connectivity index (χ1v) is 16.9. The molecule has 0 aliphatic heterocycles. The van der Waals surface area contributed by atoms with Gasteiger partial charge in [-0.3, -0.25) is 9.78 Å². The number of rotatable bonds is 30. The van der Waals surface area contributed by atoms with Crippen molar-refractivity contribution < 1.29 is 24.4 Å². The highest BCUT2D eigenvalue weighted by Crippen LogP contribution is 2.11. The summed E-state index contributed by atoms with van der Waals surface area (Å²) in [7, 11) is 0. The summed E-state index contributed by atoms with van der Waals surface area (Å²) < 4.78 is 0. The highest BCUT2D eigenvalue weighted by molar-refractivity contribution is 5.69. The van der Waals surface area contributed by atoms with Crippen molar-refractivity contribution in [3.05, 3.63) is 48.6 Å². The van der Waals surface area contributed by atoms with E-state index in [1.807, 2.05) is 0 Å². The first-order chi connectivity index (χ1) is 20.2. The van der Waals surface area contributed by atoms with Crippen LogP contribution in [0.15, 0.2) is 48.6 Å². The van der Waals surface area contributed by atoms with Gasteiger partial charge in [0.15, 0.2) is 0 Å². The lowest BCUT2D eigenvalue weighted by molar-refractivity contribution is -0.459. The molecule has 0 saturated carbocycles. The SMILES string of the molecule is CCCCC/C=C\C/C=C\CCCCCCCC(=O)OOOC(=O)CCCCCCC/C=C\C/C=C\CCCCC. The molecular weight excluding hydrogens is 512 g/mol. The number of carbonyl (C=O) groups is 2. The maximum absolute atomic E-state index is 11.7. The quantitative estimate of drug-likeness (QED) is 0.0369. The molecule has 0 amide bonds. The van der Waals surface area contributed by atoms with Crippen LogP contribution in [-0.2, 0) is 24.4 Å². The fourth-order valence-electron chi connectivity index (χ4n) is 4.34. The van der Waals surface area contributed by atoms with E-state index in [9.17, 15) is 9.59 Å². The minimum Gasteiger partial charge on any atom is -0.260 e. The van der Waals surface area contributed by atoms with Crippen LogP contribution in [0, 0.1) is 0 Å². The van der Waals surface area contributed by atoms with E-state index in [2.05, 4.69) is 77.3 Å². The smallest absolute Gasteiger partial charge is 0.260 e. The Kier molecular flexibility index (Phi) is 32.3. The molecule has 0 aromatic heterocycles. The molecule has 0 saturated heterocycles. The Morgan fingerprint density at radius 2 is 0.732 bits per heavy atom. The molecule has 236 valence electrons. The third-order valence-corrected chi connectivity index (χ3v) is 6.92. The van der Waals surface area contributed by atoms with Crippen molar-refractivity contribution in [1.29, 1.82) is 0 Å². The van der Waals surface area contributed by atoms with Crippen molar-refractivity contribution in [3.8, 4) is 0 Å². The van der Waals surface area contributed by atoms with Gasteiger partial charge in [-0.2, -0.15) is 0 Å². The molecule has 41 heavy (non-hydrogen) atoms. The van der Waals surface area contributed by atoms with Crippen LogP contribution in [0.4, 0.5) is 0 Å². The van der Waals surface area contributed by atoms with E-state index in [0.717, 1.165) is 77.0 Å². The highest BCUT2D eigenvalue weighted by Gasteiger charge is 2.08. The van der Waals surface area contributed by atoms with Gasteiger partial charge in [-0.25, -0.2) is 9.59 Å². The van der Waals surface area contributed by atoms with Crippen LogP contribution < -0.4 is 0 Å². The lowest BCUT2D eigenvalue weighted by Crippen LogP contribution is -2.10. The van der Waals surface area contributed by atoms with Crippen molar-refractivity contribution >= 4 is 11.9 Å². The van der Waals surface area contributed by atoms with Crippen molar-refractivity contribution in [3.63, 3.8) is 0 Å². The molecule has 0 atom stereocenters. The first-order valence-electron chi connectivity index (χ1n) is 16.9. The minimum atomic E-state index is -0.500. The Morgan fingerprint density at radius 3 is 1.10 bits per heavy atom. The fraction of sp³-hybridized carbons (Fsp3) is 0.722. The fourth-order valence-corrected chi connectivity index (χ4v) is 4.34. The lowest BCUT2D eigenvalue weighted by Gasteiger charge is -2.03. The topological polar surface area (TPSA) is 61.8 Å². The average molecular weight is 575 g/mol. The van der Waals surface area contributed by atoms with Crippen LogP contribution in [0.2, 0.25) is 0 Å². The summed E-state index contributed by atoms with van der Waals surface area (Å²) in [6, 6.07) is 0. The molecule has 5 heteroatoms. The van der Waals surface area contributed by atoms with Crippen molar-refractivity contribution in [2.45, 2.75) is 168 Å². The van der Waals surface area contributed by atoms with Gasteiger partial charge >= 0.3 is 11.9 Å². The second-order valence-corrected chi connectivity index (χ2v) is 10.9. The van der Waals surface area contributed by atoms with E-state index in [-0.39, 0.29) is 12.8 Å². The molecule has 0 aromatic carbocycles. The van der Waals surface area contributed by atoms with Gasteiger partial charge in [0, 0.05) is 17.9 Å². The normalized spacial score (nSPS) is 12.0. The summed E-state index contributed by atoms with van der Waals surface area (Å²) in [6.07, 6.45) is 43.5. The Balaban J connectivity index is 3.41. The Bertz CT molecular complexity index is 634. The van der Waals surface area contributed by atoms with E-state index in [1.165, 1.54) is 64.2 Å². The Labute approximate surface area is 252 Å². The van der Waals surface area contributed by atoms with Crippen LogP contribution in [-0.4, -0.2) is 11.9 Å². The summed E-state index contributed by atoms with van der Waals surface area (Å²) in [6.45, 7) is 4.47. The summed E-state index contributed by atoms with van der Waals surface area (Å²) in [5.41, 5.74) is 0. The van der Waals surface area contributed by atoms with Crippen molar-refractivity contribution in [1.82, 2.24) is 0 Å². The maximum Gasteiger partial charge on any atom is 0.346 e. The number of carbonyl (C=O) groups excluding carboxylic acids is 2. The maximum atomic E-state index is 11.7. The molecule has 0 N–H and O–H groups in total. The van der Waals surface area contributed by atoms with Gasteiger partial charge in [0.2, 0.25) is 0 Å². The second-order valence-electron chi connectivity index (χ2n) is 10.9. The van der Waals surface area contributed by atoms with E-state index in [0.29, 0.717) is 0 Å². The van der Waals surface area contributed by atoms with Crippen molar-refractivity contribution in [2.75, 3.05) is 0 Å². The summed E-state index contributed by atoms with van der Waals surface area (Å²) in [5.74, 6) is -0.999. The minimum absolute atomic E-state index is 0.271. The van der Waals surface area contributed by atoms with E-state index in [1.54, 1.807) is 0 Å². The van der Waals surface area contributed by atoms with Gasteiger partial charge in [-0.15, -0.1) is 0 Å². The zero-order valence-electron chi connectivity index (χ0n) is 26.6. The molecule has 0 radical (unpaired) electrons. The number of hydrogen-bond acceptors (Lipinski definition) is 5. The Morgan fingerprint density at radius 1 is 0.415 bits per heavy atom. The molecule has 0 unspecified atom stereocenters. The molecule has 0 spiro atoms. The predicted octanol–water partition coefficient (Wildman–Crippen LogP) is 11.5. The van der Waals surface area contributed by atoms with Crippen LogP contribution in [0.3, 0.4) is 0 Å². The molecular formula is C36H62O5. The standard InChI is InChI=1S/C36H62O5/c1-3-5-7-9-11-13-15-17-19-21-23-25-27-29-31-33-35(37)39-41-40-36(38)34-32-30-28-26-24-22-20-18-16-14-12-10-8-6-4-2/h11-14,17-20H,3-10,15-16,21-34H2,1-2H3/b13-11-,14-12-,19-17-,20-18-. The summed E-state index contributed by atoms with van der Waals surface area (Å²) >= 11 is 0. The molecule has 0 bridgehead atoms. The Hall–Kier alpha value is -2.14. The summed E-state index contributed by atoms with van der Waals surface area (Å²) in [5, 5.41) is 4.38. The van der Waals surface area contributed by atoms with E-state index < -0.39 is 11.9 Å². The first kappa shape index (κ1) is 38.9. The molecule has 0 aliphatic rings.